The lowest BCUT2D eigenvalue weighted by atomic mass is 10.2. The predicted molar refractivity (Wildman–Crippen MR) is 108 cm³/mol. The van der Waals surface area contributed by atoms with E-state index in [-0.39, 0.29) is 6.09 Å². The summed E-state index contributed by atoms with van der Waals surface area (Å²) in [6.07, 6.45) is 1.29. The highest BCUT2D eigenvalue weighted by Gasteiger charge is 2.28. The van der Waals surface area contributed by atoms with Gasteiger partial charge in [0, 0.05) is 26.2 Å². The maximum absolute atomic E-state index is 12.3. The van der Waals surface area contributed by atoms with E-state index in [1.807, 2.05) is 20.8 Å². The van der Waals surface area contributed by atoms with Crippen LogP contribution in [0.3, 0.4) is 0 Å². The van der Waals surface area contributed by atoms with Crippen LogP contribution in [0.2, 0.25) is 5.02 Å². The minimum absolute atomic E-state index is 0.305. The SMILES string of the molecule is COc1nc2nc(N3CCN(C(=O)OC(C)(C)C)CC3)c3nncn3c2cc1Cl. The highest BCUT2D eigenvalue weighted by molar-refractivity contribution is 6.32. The Bertz CT molecular complexity index is 1070. The van der Waals surface area contributed by atoms with Gasteiger partial charge in [-0.2, -0.15) is 4.98 Å². The summed E-state index contributed by atoms with van der Waals surface area (Å²) in [5.41, 5.74) is 1.25. The standard InChI is InChI=1S/C18H22ClN7O3/c1-18(2,3)29-17(27)25-7-5-24(6-8-25)14-15-23-20-10-26(15)12-9-11(19)16(28-4)22-13(12)21-14/h9-10H,5-8H2,1-4H3. The molecule has 0 spiro atoms. The van der Waals surface area contributed by atoms with Crippen molar-refractivity contribution in [3.05, 3.63) is 17.4 Å². The van der Waals surface area contributed by atoms with E-state index in [1.165, 1.54) is 7.11 Å². The summed E-state index contributed by atoms with van der Waals surface area (Å²) < 4.78 is 12.5. The molecule has 0 unspecified atom stereocenters. The molecule has 1 aliphatic heterocycles. The first-order chi connectivity index (χ1) is 13.8. The van der Waals surface area contributed by atoms with E-state index in [9.17, 15) is 4.79 Å². The number of methoxy groups -OCH3 is 1. The Morgan fingerprint density at radius 2 is 1.90 bits per heavy atom. The van der Waals surface area contributed by atoms with E-state index in [2.05, 4.69) is 20.1 Å². The van der Waals surface area contributed by atoms with E-state index >= 15 is 0 Å². The van der Waals surface area contributed by atoms with E-state index in [1.54, 1.807) is 21.7 Å². The molecule has 0 aromatic carbocycles. The lowest BCUT2D eigenvalue weighted by molar-refractivity contribution is 0.0240. The number of hydrogen-bond donors (Lipinski definition) is 0. The number of piperazine rings is 1. The molecule has 3 aromatic heterocycles. The van der Waals surface area contributed by atoms with Gasteiger partial charge >= 0.3 is 6.09 Å². The summed E-state index contributed by atoms with van der Waals surface area (Å²) in [5, 5.41) is 8.63. The van der Waals surface area contributed by atoms with Gasteiger partial charge in [0.25, 0.3) is 0 Å². The molecule has 4 heterocycles. The van der Waals surface area contributed by atoms with Crippen LogP contribution in [-0.2, 0) is 4.74 Å². The lowest BCUT2D eigenvalue weighted by Gasteiger charge is -2.36. The van der Waals surface area contributed by atoms with Crippen LogP contribution in [0.1, 0.15) is 20.8 Å². The molecule has 29 heavy (non-hydrogen) atoms. The van der Waals surface area contributed by atoms with Crippen molar-refractivity contribution in [3.8, 4) is 5.88 Å². The molecular formula is C18H22ClN7O3. The minimum Gasteiger partial charge on any atom is -0.480 e. The normalized spacial score (nSPS) is 15.2. The first kappa shape index (κ1) is 19.4. The number of amides is 1. The van der Waals surface area contributed by atoms with E-state index < -0.39 is 5.60 Å². The van der Waals surface area contributed by atoms with Crippen molar-refractivity contribution in [2.24, 2.45) is 0 Å². The molecule has 0 bridgehead atoms. The largest absolute Gasteiger partial charge is 0.480 e. The third-order valence-electron chi connectivity index (χ3n) is 4.55. The van der Waals surface area contributed by atoms with E-state index in [4.69, 9.17) is 26.1 Å². The molecule has 10 nitrogen and oxygen atoms in total. The molecular weight excluding hydrogens is 398 g/mol. The topological polar surface area (TPSA) is 98.0 Å². The third-order valence-corrected chi connectivity index (χ3v) is 4.82. The maximum atomic E-state index is 12.3. The Morgan fingerprint density at radius 3 is 2.55 bits per heavy atom. The average molecular weight is 420 g/mol. The fourth-order valence-electron chi connectivity index (χ4n) is 3.21. The monoisotopic (exact) mass is 419 g/mol. The molecule has 1 amide bonds. The van der Waals surface area contributed by atoms with Gasteiger partial charge in [-0.25, -0.2) is 9.78 Å². The van der Waals surface area contributed by atoms with E-state index in [0.29, 0.717) is 59.7 Å². The van der Waals surface area contributed by atoms with Gasteiger partial charge in [0.1, 0.15) is 17.0 Å². The molecule has 0 atom stereocenters. The highest BCUT2D eigenvalue weighted by Crippen LogP contribution is 2.29. The second-order valence-corrected chi connectivity index (χ2v) is 8.14. The first-order valence-electron chi connectivity index (χ1n) is 9.23. The molecule has 4 rings (SSSR count). The molecule has 1 saturated heterocycles. The van der Waals surface area contributed by atoms with Gasteiger partial charge in [-0.3, -0.25) is 4.40 Å². The molecule has 1 fully saturated rings. The van der Waals surface area contributed by atoms with Crippen LogP contribution in [0.4, 0.5) is 10.6 Å². The molecule has 0 radical (unpaired) electrons. The van der Waals surface area contributed by atoms with Crippen LogP contribution in [0.25, 0.3) is 16.8 Å². The first-order valence-corrected chi connectivity index (χ1v) is 9.61. The van der Waals surface area contributed by atoms with Gasteiger partial charge in [-0.15, -0.1) is 10.2 Å². The van der Waals surface area contributed by atoms with Crippen molar-refractivity contribution >= 4 is 40.3 Å². The third kappa shape index (κ3) is 3.71. The van der Waals surface area contributed by atoms with Crippen molar-refractivity contribution in [1.82, 2.24) is 29.5 Å². The highest BCUT2D eigenvalue weighted by atomic mass is 35.5. The summed E-state index contributed by atoms with van der Waals surface area (Å²) in [5.74, 6) is 0.954. The van der Waals surface area contributed by atoms with Gasteiger partial charge in [0.05, 0.1) is 12.6 Å². The summed E-state index contributed by atoms with van der Waals surface area (Å²) in [6, 6.07) is 1.73. The number of aromatic nitrogens is 5. The smallest absolute Gasteiger partial charge is 0.410 e. The summed E-state index contributed by atoms with van der Waals surface area (Å²) in [6.45, 7) is 7.79. The second kappa shape index (κ2) is 7.18. The summed E-state index contributed by atoms with van der Waals surface area (Å²) in [7, 11) is 1.51. The zero-order valence-corrected chi connectivity index (χ0v) is 17.5. The zero-order chi connectivity index (χ0) is 20.8. The van der Waals surface area contributed by atoms with Crippen molar-refractivity contribution in [1.29, 1.82) is 0 Å². The minimum atomic E-state index is -0.520. The number of carbonyl (C=O) groups excluding carboxylic acids is 1. The zero-order valence-electron chi connectivity index (χ0n) is 16.7. The number of rotatable bonds is 2. The number of ether oxygens (including phenoxy) is 2. The molecule has 0 aliphatic carbocycles. The maximum Gasteiger partial charge on any atom is 0.410 e. The Balaban J connectivity index is 1.63. The number of pyridine rings is 1. The van der Waals surface area contributed by atoms with Gasteiger partial charge in [-0.1, -0.05) is 11.6 Å². The number of hydrogen-bond acceptors (Lipinski definition) is 8. The van der Waals surface area contributed by atoms with Crippen LogP contribution in [-0.4, -0.2) is 74.4 Å². The molecule has 0 saturated carbocycles. The van der Waals surface area contributed by atoms with Gasteiger partial charge in [0.15, 0.2) is 11.5 Å². The Labute approximate surface area is 172 Å². The number of nitrogens with zero attached hydrogens (tertiary/aromatic N) is 7. The van der Waals surface area contributed by atoms with Crippen LogP contribution >= 0.6 is 11.6 Å². The molecule has 11 heteroatoms. The Morgan fingerprint density at radius 1 is 1.17 bits per heavy atom. The van der Waals surface area contributed by atoms with Crippen molar-refractivity contribution in [2.75, 3.05) is 38.2 Å². The Hall–Kier alpha value is -2.88. The summed E-state index contributed by atoms with van der Waals surface area (Å²) >= 11 is 6.22. The second-order valence-electron chi connectivity index (χ2n) is 7.74. The van der Waals surface area contributed by atoms with E-state index in [0.717, 1.165) is 0 Å². The fraction of sp³-hybridized carbons (Fsp3) is 0.500. The van der Waals surface area contributed by atoms with Crippen LogP contribution in [0.15, 0.2) is 12.4 Å². The molecule has 0 N–H and O–H groups in total. The van der Waals surface area contributed by atoms with Crippen LogP contribution in [0, 0.1) is 0 Å². The number of anilines is 1. The average Bonchev–Trinajstić information content (AvgIpc) is 3.16. The van der Waals surface area contributed by atoms with Crippen LogP contribution < -0.4 is 9.64 Å². The predicted octanol–water partition coefficient (Wildman–Crippen LogP) is 2.39. The number of carbonyl (C=O) groups is 1. The molecule has 154 valence electrons. The molecule has 3 aromatic rings. The fourth-order valence-corrected chi connectivity index (χ4v) is 3.43. The molecule has 1 aliphatic rings. The Kier molecular flexibility index (Phi) is 4.81. The summed E-state index contributed by atoms with van der Waals surface area (Å²) in [4.78, 5) is 25.2. The van der Waals surface area contributed by atoms with Crippen molar-refractivity contribution in [2.45, 2.75) is 26.4 Å². The van der Waals surface area contributed by atoms with Gasteiger partial charge < -0.3 is 19.3 Å². The number of fused-ring (bicyclic) bond motifs is 3. The van der Waals surface area contributed by atoms with Crippen molar-refractivity contribution < 1.29 is 14.3 Å². The lowest BCUT2D eigenvalue weighted by Crippen LogP contribution is -2.50. The quantitative estimate of drug-likeness (QED) is 0.624. The number of halogens is 1. The van der Waals surface area contributed by atoms with Gasteiger partial charge in [-0.05, 0) is 26.8 Å². The van der Waals surface area contributed by atoms with Crippen LogP contribution in [0.5, 0.6) is 5.88 Å². The van der Waals surface area contributed by atoms with Gasteiger partial charge in [0.2, 0.25) is 11.5 Å². The van der Waals surface area contributed by atoms with Crippen molar-refractivity contribution in [3.63, 3.8) is 0 Å².